The molecule has 0 saturated carbocycles. The van der Waals surface area contributed by atoms with Gasteiger partial charge in [0.15, 0.2) is 0 Å². The van der Waals surface area contributed by atoms with Crippen LogP contribution in [0.5, 0.6) is 0 Å². The zero-order valence-electron chi connectivity index (χ0n) is 14.2. The molecule has 1 aromatic carbocycles. The first-order valence-corrected chi connectivity index (χ1v) is 10.1. The van der Waals surface area contributed by atoms with Crippen molar-refractivity contribution in [1.82, 2.24) is 4.90 Å². The van der Waals surface area contributed by atoms with Crippen molar-refractivity contribution in [2.45, 2.75) is 32.1 Å². The summed E-state index contributed by atoms with van der Waals surface area (Å²) in [6.07, 6.45) is 3.02. The van der Waals surface area contributed by atoms with Gasteiger partial charge in [0.25, 0.3) is 0 Å². The molecule has 0 radical (unpaired) electrons. The van der Waals surface area contributed by atoms with E-state index in [1.807, 2.05) is 12.1 Å². The quantitative estimate of drug-likeness (QED) is 0.831. The molecule has 1 saturated heterocycles. The van der Waals surface area contributed by atoms with Gasteiger partial charge < -0.3 is 10.0 Å². The smallest absolute Gasteiger partial charge is 0.229 e. The zero-order valence-corrected chi connectivity index (χ0v) is 15.1. The molecule has 130 valence electrons. The van der Waals surface area contributed by atoms with Gasteiger partial charge in [0.1, 0.15) is 0 Å². The van der Waals surface area contributed by atoms with Crippen LogP contribution in [-0.2, 0) is 15.4 Å². The van der Waals surface area contributed by atoms with Gasteiger partial charge in [0, 0.05) is 25.4 Å². The lowest BCUT2D eigenvalue weighted by atomic mass is 9.68. The van der Waals surface area contributed by atoms with Crippen LogP contribution >= 0.6 is 0 Å². The number of rotatable bonds is 6. The first kappa shape index (κ1) is 18.2. The van der Waals surface area contributed by atoms with E-state index in [4.69, 9.17) is 5.11 Å². The van der Waals surface area contributed by atoms with Crippen LogP contribution in [0.3, 0.4) is 0 Å². The molecule has 1 aliphatic rings. The number of hydrogen-bond donors (Lipinski definition) is 2. The normalized spacial score (nSPS) is 26.2. The third-order valence-electron chi connectivity index (χ3n) is 5.02. The molecule has 0 bridgehead atoms. The highest BCUT2D eigenvalue weighted by molar-refractivity contribution is 7.92. The van der Waals surface area contributed by atoms with Crippen molar-refractivity contribution >= 4 is 15.7 Å². The Kier molecular flexibility index (Phi) is 5.70. The molecule has 2 unspecified atom stereocenters. The monoisotopic (exact) mass is 340 g/mol. The number of benzene rings is 1. The van der Waals surface area contributed by atoms with Crippen molar-refractivity contribution in [1.29, 1.82) is 0 Å². The van der Waals surface area contributed by atoms with Gasteiger partial charge in [-0.05, 0) is 48.4 Å². The van der Waals surface area contributed by atoms with Crippen molar-refractivity contribution < 1.29 is 13.5 Å². The highest BCUT2D eigenvalue weighted by Crippen LogP contribution is 2.40. The molecule has 5 nitrogen and oxygen atoms in total. The Morgan fingerprint density at radius 3 is 2.78 bits per heavy atom. The lowest BCUT2D eigenvalue weighted by Crippen LogP contribution is -2.47. The van der Waals surface area contributed by atoms with Crippen molar-refractivity contribution in [3.05, 3.63) is 29.8 Å². The van der Waals surface area contributed by atoms with Crippen LogP contribution in [0.25, 0.3) is 0 Å². The largest absolute Gasteiger partial charge is 0.396 e. The average Bonchev–Trinajstić information content (AvgIpc) is 2.47. The molecule has 1 fully saturated rings. The van der Waals surface area contributed by atoms with Gasteiger partial charge in [-0.1, -0.05) is 26.0 Å². The van der Waals surface area contributed by atoms with Crippen molar-refractivity contribution in [2.75, 3.05) is 37.2 Å². The van der Waals surface area contributed by atoms with Crippen LogP contribution in [0, 0.1) is 5.92 Å². The van der Waals surface area contributed by atoms with E-state index < -0.39 is 10.0 Å². The van der Waals surface area contributed by atoms with Gasteiger partial charge in [-0.15, -0.1) is 0 Å². The summed E-state index contributed by atoms with van der Waals surface area (Å²) in [5, 5.41) is 8.98. The summed E-state index contributed by atoms with van der Waals surface area (Å²) in [4.78, 5) is 2.40. The van der Waals surface area contributed by atoms with Crippen LogP contribution in [0.15, 0.2) is 24.3 Å². The van der Waals surface area contributed by atoms with Crippen LogP contribution < -0.4 is 4.72 Å². The van der Waals surface area contributed by atoms with Gasteiger partial charge in [0.05, 0.1) is 6.26 Å². The summed E-state index contributed by atoms with van der Waals surface area (Å²) in [6, 6.07) is 7.75. The van der Waals surface area contributed by atoms with Crippen molar-refractivity contribution in [3.63, 3.8) is 0 Å². The standard InChI is InChI=1S/C17H28N2O3S/c1-14-13-19(9-5-11-20)10-8-17(14,2)15-6-4-7-16(12-15)18-23(3,21)22/h4,6-7,12,14,18,20H,5,8-11,13H2,1-3H3. The molecular weight excluding hydrogens is 312 g/mol. The topological polar surface area (TPSA) is 69.6 Å². The Balaban J connectivity index is 2.16. The molecule has 1 aromatic rings. The Bertz CT molecular complexity index is 632. The molecule has 0 amide bonds. The molecule has 1 heterocycles. The van der Waals surface area contributed by atoms with Gasteiger partial charge >= 0.3 is 0 Å². The Labute approximate surface area is 139 Å². The summed E-state index contributed by atoms with van der Waals surface area (Å²) in [5.74, 6) is 0.462. The zero-order chi connectivity index (χ0) is 17.1. The van der Waals surface area contributed by atoms with E-state index in [2.05, 4.69) is 29.5 Å². The van der Waals surface area contributed by atoms with Crippen LogP contribution in [-0.4, -0.2) is 50.9 Å². The molecule has 6 heteroatoms. The second-order valence-corrected chi connectivity index (χ2v) is 8.65. The van der Waals surface area contributed by atoms with Crippen LogP contribution in [0.1, 0.15) is 32.3 Å². The highest BCUT2D eigenvalue weighted by Gasteiger charge is 2.37. The van der Waals surface area contributed by atoms with Crippen molar-refractivity contribution in [3.8, 4) is 0 Å². The van der Waals surface area contributed by atoms with Crippen molar-refractivity contribution in [2.24, 2.45) is 5.92 Å². The molecule has 23 heavy (non-hydrogen) atoms. The molecule has 0 aliphatic carbocycles. The second kappa shape index (κ2) is 7.20. The fourth-order valence-corrected chi connectivity index (χ4v) is 3.95. The van der Waals surface area contributed by atoms with E-state index in [1.165, 1.54) is 11.8 Å². The Hall–Kier alpha value is -1.11. The SMILES string of the molecule is CC1CN(CCCO)CCC1(C)c1cccc(NS(C)(=O)=O)c1. The number of piperidine rings is 1. The first-order valence-electron chi connectivity index (χ1n) is 8.16. The minimum atomic E-state index is -3.26. The van der Waals surface area contributed by atoms with Crippen LogP contribution in [0.4, 0.5) is 5.69 Å². The average molecular weight is 340 g/mol. The van der Waals surface area contributed by atoms with Gasteiger partial charge in [-0.25, -0.2) is 8.42 Å². The molecule has 0 spiro atoms. The minimum Gasteiger partial charge on any atom is -0.396 e. The van der Waals surface area contributed by atoms with E-state index in [0.717, 1.165) is 32.5 Å². The summed E-state index contributed by atoms with van der Waals surface area (Å²) in [7, 11) is -3.26. The maximum atomic E-state index is 11.4. The molecule has 2 N–H and O–H groups in total. The Morgan fingerprint density at radius 1 is 1.43 bits per heavy atom. The molecule has 0 aromatic heterocycles. The van der Waals surface area contributed by atoms with E-state index in [9.17, 15) is 8.42 Å². The number of nitrogens with zero attached hydrogens (tertiary/aromatic N) is 1. The lowest BCUT2D eigenvalue weighted by molar-refractivity contribution is 0.104. The maximum absolute atomic E-state index is 11.4. The number of hydrogen-bond acceptors (Lipinski definition) is 4. The van der Waals surface area contributed by atoms with E-state index in [-0.39, 0.29) is 12.0 Å². The maximum Gasteiger partial charge on any atom is 0.229 e. The minimum absolute atomic E-state index is 0.0326. The number of aliphatic hydroxyl groups is 1. The fraction of sp³-hybridized carbons (Fsp3) is 0.647. The van der Waals surface area contributed by atoms with Gasteiger partial charge in [-0.3, -0.25) is 4.72 Å². The van der Waals surface area contributed by atoms with E-state index in [0.29, 0.717) is 11.6 Å². The Morgan fingerprint density at radius 2 is 2.17 bits per heavy atom. The second-order valence-electron chi connectivity index (χ2n) is 6.90. The molecule has 2 rings (SSSR count). The molecule has 2 atom stereocenters. The number of likely N-dealkylation sites (tertiary alicyclic amines) is 1. The number of nitrogens with one attached hydrogen (secondary N) is 1. The van der Waals surface area contributed by atoms with Crippen LogP contribution in [0.2, 0.25) is 0 Å². The van der Waals surface area contributed by atoms with Gasteiger partial charge in [0.2, 0.25) is 10.0 Å². The third-order valence-corrected chi connectivity index (χ3v) is 5.63. The summed E-state index contributed by atoms with van der Waals surface area (Å²) < 4.78 is 25.4. The number of anilines is 1. The van der Waals surface area contributed by atoms with E-state index >= 15 is 0 Å². The number of aliphatic hydroxyl groups excluding tert-OH is 1. The third kappa shape index (κ3) is 4.68. The molecular formula is C17H28N2O3S. The first-order chi connectivity index (χ1) is 10.7. The molecule has 1 aliphatic heterocycles. The van der Waals surface area contributed by atoms with E-state index in [1.54, 1.807) is 6.07 Å². The summed E-state index contributed by atoms with van der Waals surface area (Å²) >= 11 is 0. The summed E-state index contributed by atoms with van der Waals surface area (Å²) in [5.41, 5.74) is 1.84. The summed E-state index contributed by atoms with van der Waals surface area (Å²) in [6.45, 7) is 7.70. The lowest BCUT2D eigenvalue weighted by Gasteiger charge is -2.45. The predicted octanol–water partition coefficient (Wildman–Crippen LogP) is 2.04. The number of sulfonamides is 1. The predicted molar refractivity (Wildman–Crippen MR) is 94.2 cm³/mol. The highest BCUT2D eigenvalue weighted by atomic mass is 32.2. The van der Waals surface area contributed by atoms with Gasteiger partial charge in [-0.2, -0.15) is 0 Å². The fourth-order valence-electron chi connectivity index (χ4n) is 3.40.